The summed E-state index contributed by atoms with van der Waals surface area (Å²) in [5.74, 6) is -6.56. The monoisotopic (exact) mass is 388 g/mol. The van der Waals surface area contributed by atoms with Crippen LogP contribution >= 0.6 is 0 Å². The summed E-state index contributed by atoms with van der Waals surface area (Å²) in [5, 5.41) is 28.0. The maximum Gasteiger partial charge on any atom is 0.413 e. The largest absolute Gasteiger partial charge is 0.451 e. The first-order chi connectivity index (χ1) is 12.8. The Morgan fingerprint density at radius 3 is 1.78 bits per heavy atom. The number of hydrogen-bond donors (Lipinski definition) is 3. The van der Waals surface area contributed by atoms with Gasteiger partial charge in [0.25, 0.3) is 0 Å². The molecule has 0 aliphatic heterocycles. The SMILES string of the molecule is C=CC(=O)OCC(OC(=O)C=C)(OC(=O)C=C)OC(CO)C(CO)CCO. The standard InChI is InChI=1S/C17H24O10/c1-4-14(21)24-11-17(26-15(22)5-2,27-16(23)6-3)25-13(10-20)12(9-19)7-8-18/h4-6,12-13,18-20H,1-3,7-11H2. The van der Waals surface area contributed by atoms with Gasteiger partial charge in [-0.05, 0) is 6.42 Å². The van der Waals surface area contributed by atoms with E-state index < -0.39 is 55.7 Å². The molecule has 3 N–H and O–H groups in total. The molecule has 0 saturated carbocycles. The van der Waals surface area contributed by atoms with Gasteiger partial charge >= 0.3 is 23.9 Å². The minimum absolute atomic E-state index is 0.00899. The number of ether oxygens (including phenoxy) is 4. The van der Waals surface area contributed by atoms with Gasteiger partial charge in [-0.3, -0.25) is 4.74 Å². The predicted molar refractivity (Wildman–Crippen MR) is 90.7 cm³/mol. The highest BCUT2D eigenvalue weighted by Crippen LogP contribution is 2.24. The van der Waals surface area contributed by atoms with Crippen LogP contribution in [0.25, 0.3) is 0 Å². The van der Waals surface area contributed by atoms with E-state index >= 15 is 0 Å². The van der Waals surface area contributed by atoms with Gasteiger partial charge in [-0.2, -0.15) is 0 Å². The molecule has 0 spiro atoms. The van der Waals surface area contributed by atoms with E-state index in [2.05, 4.69) is 19.7 Å². The predicted octanol–water partition coefficient (Wildman–Crippen LogP) is -0.804. The molecule has 152 valence electrons. The number of aliphatic hydroxyl groups is 3. The molecule has 0 bridgehead atoms. The van der Waals surface area contributed by atoms with Gasteiger partial charge < -0.3 is 29.5 Å². The maximum absolute atomic E-state index is 11.7. The Kier molecular flexibility index (Phi) is 11.6. The maximum atomic E-state index is 11.7. The van der Waals surface area contributed by atoms with E-state index in [0.29, 0.717) is 0 Å². The normalized spacial score (nSPS) is 13.0. The number of aliphatic hydroxyl groups excluding tert-OH is 3. The Hall–Kier alpha value is -2.53. The highest BCUT2D eigenvalue weighted by molar-refractivity contribution is 5.83. The second kappa shape index (κ2) is 12.8. The summed E-state index contributed by atoms with van der Waals surface area (Å²) in [6, 6.07) is 0. The van der Waals surface area contributed by atoms with Gasteiger partial charge in [-0.15, -0.1) is 0 Å². The van der Waals surface area contributed by atoms with Gasteiger partial charge in [0, 0.05) is 37.4 Å². The minimum atomic E-state index is -2.61. The Balaban J connectivity index is 5.86. The summed E-state index contributed by atoms with van der Waals surface area (Å²) in [6.07, 6.45) is 1.02. The Bertz CT molecular complexity index is 520. The van der Waals surface area contributed by atoms with Crippen LogP contribution in [0.5, 0.6) is 0 Å². The first-order valence-corrected chi connectivity index (χ1v) is 7.81. The van der Waals surface area contributed by atoms with Gasteiger partial charge in [0.15, 0.2) is 6.61 Å². The van der Waals surface area contributed by atoms with Crippen LogP contribution in [0.2, 0.25) is 0 Å². The molecule has 0 aromatic heterocycles. The van der Waals surface area contributed by atoms with Crippen molar-refractivity contribution >= 4 is 17.9 Å². The molecule has 2 unspecified atom stereocenters. The van der Waals surface area contributed by atoms with Crippen LogP contribution in [0, 0.1) is 5.92 Å². The molecule has 0 rings (SSSR count). The number of hydrogen-bond acceptors (Lipinski definition) is 10. The van der Waals surface area contributed by atoms with Crippen molar-refractivity contribution < 1.29 is 48.7 Å². The molecule has 0 amide bonds. The van der Waals surface area contributed by atoms with Crippen LogP contribution in [-0.4, -0.2) is 71.7 Å². The van der Waals surface area contributed by atoms with Crippen molar-refractivity contribution in [3.05, 3.63) is 38.0 Å². The van der Waals surface area contributed by atoms with Crippen molar-refractivity contribution in [1.82, 2.24) is 0 Å². The number of esters is 3. The molecule has 0 aliphatic carbocycles. The fourth-order valence-electron chi connectivity index (χ4n) is 1.84. The number of carbonyl (C=O) groups is 3. The summed E-state index contributed by atoms with van der Waals surface area (Å²) in [5.41, 5.74) is 0. The summed E-state index contributed by atoms with van der Waals surface area (Å²) < 4.78 is 20.0. The van der Waals surface area contributed by atoms with E-state index in [9.17, 15) is 24.6 Å². The molecule has 10 heteroatoms. The van der Waals surface area contributed by atoms with Crippen molar-refractivity contribution in [2.45, 2.75) is 18.5 Å². The Labute approximate surface area is 156 Å². The van der Waals surface area contributed by atoms with Crippen molar-refractivity contribution in [1.29, 1.82) is 0 Å². The van der Waals surface area contributed by atoms with Gasteiger partial charge in [0.2, 0.25) is 0 Å². The van der Waals surface area contributed by atoms with Crippen molar-refractivity contribution in [2.75, 3.05) is 26.4 Å². The lowest BCUT2D eigenvalue weighted by atomic mass is 10.0. The molecule has 0 aromatic carbocycles. The van der Waals surface area contributed by atoms with E-state index in [1.807, 2.05) is 0 Å². The third kappa shape index (κ3) is 8.60. The molecule has 10 nitrogen and oxygen atoms in total. The third-order valence-electron chi connectivity index (χ3n) is 3.17. The van der Waals surface area contributed by atoms with Crippen LogP contribution in [0.3, 0.4) is 0 Å². The molecular weight excluding hydrogens is 364 g/mol. The number of rotatable bonds is 14. The van der Waals surface area contributed by atoms with Gasteiger partial charge in [0.05, 0.1) is 12.7 Å². The fraction of sp³-hybridized carbons (Fsp3) is 0.471. The first kappa shape index (κ1) is 24.5. The van der Waals surface area contributed by atoms with Crippen LogP contribution in [0.1, 0.15) is 6.42 Å². The lowest BCUT2D eigenvalue weighted by Gasteiger charge is -2.35. The lowest BCUT2D eigenvalue weighted by molar-refractivity contribution is -0.375. The fourth-order valence-corrected chi connectivity index (χ4v) is 1.84. The third-order valence-corrected chi connectivity index (χ3v) is 3.17. The van der Waals surface area contributed by atoms with Crippen LogP contribution in [-0.2, 0) is 33.3 Å². The molecule has 2 atom stereocenters. The molecule has 0 aliphatic rings. The molecule has 0 heterocycles. The average molecular weight is 388 g/mol. The summed E-state index contributed by atoms with van der Waals surface area (Å²) in [6.45, 7) is 7.11. The highest BCUT2D eigenvalue weighted by atomic mass is 16.9. The zero-order valence-electron chi connectivity index (χ0n) is 14.7. The Morgan fingerprint density at radius 2 is 1.41 bits per heavy atom. The topological polar surface area (TPSA) is 149 Å². The lowest BCUT2D eigenvalue weighted by Crippen LogP contribution is -2.51. The molecule has 0 radical (unpaired) electrons. The van der Waals surface area contributed by atoms with Crippen LogP contribution in [0.4, 0.5) is 0 Å². The molecule has 27 heavy (non-hydrogen) atoms. The van der Waals surface area contributed by atoms with E-state index in [0.717, 1.165) is 18.2 Å². The highest BCUT2D eigenvalue weighted by Gasteiger charge is 2.45. The smallest absolute Gasteiger partial charge is 0.413 e. The molecule has 0 aromatic rings. The number of carbonyl (C=O) groups excluding carboxylic acids is 3. The van der Waals surface area contributed by atoms with E-state index in [-0.39, 0.29) is 13.0 Å². The summed E-state index contributed by atoms with van der Waals surface area (Å²) in [4.78, 5) is 34.8. The molecule has 0 fully saturated rings. The quantitative estimate of drug-likeness (QED) is 0.196. The second-order valence-corrected chi connectivity index (χ2v) is 5.04. The summed E-state index contributed by atoms with van der Waals surface area (Å²) >= 11 is 0. The summed E-state index contributed by atoms with van der Waals surface area (Å²) in [7, 11) is 0. The second-order valence-electron chi connectivity index (χ2n) is 5.04. The van der Waals surface area contributed by atoms with Gasteiger partial charge in [0.1, 0.15) is 0 Å². The van der Waals surface area contributed by atoms with Gasteiger partial charge in [-0.25, -0.2) is 14.4 Å². The Morgan fingerprint density at radius 1 is 0.889 bits per heavy atom. The van der Waals surface area contributed by atoms with E-state index in [4.69, 9.17) is 24.1 Å². The van der Waals surface area contributed by atoms with Crippen LogP contribution < -0.4 is 0 Å². The average Bonchev–Trinajstić information content (AvgIpc) is 2.68. The zero-order chi connectivity index (χ0) is 20.9. The minimum Gasteiger partial charge on any atom is -0.451 e. The van der Waals surface area contributed by atoms with Crippen molar-refractivity contribution in [2.24, 2.45) is 5.92 Å². The van der Waals surface area contributed by atoms with Gasteiger partial charge in [-0.1, -0.05) is 19.7 Å². The van der Waals surface area contributed by atoms with Crippen LogP contribution in [0.15, 0.2) is 38.0 Å². The molecular formula is C17H24O10. The first-order valence-electron chi connectivity index (χ1n) is 7.81. The van der Waals surface area contributed by atoms with E-state index in [1.165, 1.54) is 0 Å². The van der Waals surface area contributed by atoms with Crippen molar-refractivity contribution in [3.8, 4) is 0 Å². The zero-order valence-corrected chi connectivity index (χ0v) is 14.7. The van der Waals surface area contributed by atoms with E-state index in [1.54, 1.807) is 0 Å². The molecule has 0 saturated heterocycles. The van der Waals surface area contributed by atoms with Crippen molar-refractivity contribution in [3.63, 3.8) is 0 Å².